The van der Waals surface area contributed by atoms with Gasteiger partial charge in [0.2, 0.25) is 0 Å². The van der Waals surface area contributed by atoms with Gasteiger partial charge in [-0.15, -0.1) is 0 Å². The van der Waals surface area contributed by atoms with Crippen molar-refractivity contribution in [1.29, 1.82) is 0 Å². The Morgan fingerprint density at radius 1 is 0.587 bits per heavy atom. The molecule has 5 rings (SSSR count). The number of para-hydroxylation sites is 2. The highest BCUT2D eigenvalue weighted by atomic mass is 16.4. The molecule has 2 heterocycles. The van der Waals surface area contributed by atoms with Gasteiger partial charge in [-0.1, -0.05) is 60.7 Å². The first kappa shape index (κ1) is 31.4. The molecule has 0 aliphatic rings. The number of carboxylic acids is 2. The Morgan fingerprint density at radius 3 is 1.28 bits per heavy atom. The van der Waals surface area contributed by atoms with Crippen LogP contribution in [0.5, 0.6) is 0 Å². The monoisotopic (exact) mass is 622 g/mol. The zero-order valence-corrected chi connectivity index (χ0v) is 24.9. The molecule has 2 aromatic heterocycles. The Kier molecular flexibility index (Phi) is 8.80. The van der Waals surface area contributed by atoms with Gasteiger partial charge >= 0.3 is 11.9 Å². The topological polar surface area (TPSA) is 177 Å². The molecule has 12 nitrogen and oxygen atoms in total. The maximum atomic E-state index is 13.0. The molecule has 0 radical (unpaired) electrons. The van der Waals surface area contributed by atoms with Crippen molar-refractivity contribution in [2.45, 2.75) is 39.0 Å². The summed E-state index contributed by atoms with van der Waals surface area (Å²) in [5, 5.41) is 23.7. The summed E-state index contributed by atoms with van der Waals surface area (Å²) in [5.41, 5.74) is 3.60. The fraction of sp³-hybridized carbons (Fsp3) is 0.176. The van der Waals surface area contributed by atoms with E-state index in [0.717, 1.165) is 22.2 Å². The van der Waals surface area contributed by atoms with Gasteiger partial charge in [0.15, 0.2) is 0 Å². The summed E-state index contributed by atoms with van der Waals surface area (Å²) in [6.45, 7) is 3.33. The first-order chi connectivity index (χ1) is 21.9. The molecule has 12 heteroatoms. The lowest BCUT2D eigenvalue weighted by molar-refractivity contribution is -0.141. The predicted octanol–water partition coefficient (Wildman–Crippen LogP) is 3.24. The smallest absolute Gasteiger partial charge is 0.325 e. The molecular weight excluding hydrogens is 592 g/mol. The van der Waals surface area contributed by atoms with E-state index in [1.54, 1.807) is 36.7 Å². The van der Waals surface area contributed by atoms with Crippen molar-refractivity contribution < 1.29 is 39.0 Å². The SMILES string of the molecule is C[C@H](NC(=O)C(=O)c1cn(Cc2ccc(Cn3cc(C(=O)C(=O)N[C@@H](C)C(=O)O)c4ccccc43)cc2)c2ccccc12)C(=O)O. The molecule has 5 aromatic rings. The standard InChI is InChI=1S/C34H30N4O8/c1-19(33(43)44)35-31(41)29(39)25-17-37(27-9-5-3-7-23(25)27)15-21-11-13-22(14-12-21)16-38-18-26(24-8-4-6-10-28(24)38)30(40)32(42)36-20(2)34(45)46/h3-14,17-20H,15-16H2,1-2H3,(H,35,41)(H,36,42)(H,43,44)(H,45,46)/t19-,20-/m0/s1. The van der Waals surface area contributed by atoms with Crippen LogP contribution in [-0.4, -0.2) is 66.8 Å². The number of aromatic nitrogens is 2. The van der Waals surface area contributed by atoms with Gasteiger partial charge in [-0.2, -0.15) is 0 Å². The molecule has 3 aromatic carbocycles. The molecule has 0 saturated carbocycles. The lowest BCUT2D eigenvalue weighted by Gasteiger charge is -2.09. The van der Waals surface area contributed by atoms with Crippen LogP contribution < -0.4 is 10.6 Å². The Hall–Kier alpha value is -6.04. The molecule has 0 spiro atoms. The van der Waals surface area contributed by atoms with Crippen LogP contribution in [-0.2, 0) is 32.3 Å². The second-order valence-corrected chi connectivity index (χ2v) is 10.9. The molecule has 0 unspecified atom stereocenters. The summed E-state index contributed by atoms with van der Waals surface area (Å²) in [6.07, 6.45) is 3.17. The van der Waals surface area contributed by atoms with Crippen LogP contribution in [0.4, 0.5) is 0 Å². The van der Waals surface area contributed by atoms with Gasteiger partial charge in [0.1, 0.15) is 12.1 Å². The quantitative estimate of drug-likeness (QED) is 0.121. The first-order valence-electron chi connectivity index (χ1n) is 14.3. The van der Waals surface area contributed by atoms with E-state index in [9.17, 15) is 28.8 Å². The second-order valence-electron chi connectivity index (χ2n) is 10.9. The molecule has 2 atom stereocenters. The van der Waals surface area contributed by atoms with Gasteiger partial charge in [-0.3, -0.25) is 28.8 Å². The number of nitrogens with one attached hydrogen (secondary N) is 2. The number of amides is 2. The molecule has 234 valence electrons. The highest BCUT2D eigenvalue weighted by molar-refractivity contribution is 6.45. The van der Waals surface area contributed by atoms with Gasteiger partial charge < -0.3 is 30.0 Å². The third-order valence-electron chi connectivity index (χ3n) is 7.64. The number of fused-ring (bicyclic) bond motifs is 2. The van der Waals surface area contributed by atoms with Gasteiger partial charge in [-0.25, -0.2) is 0 Å². The van der Waals surface area contributed by atoms with Crippen molar-refractivity contribution in [3.8, 4) is 0 Å². The lowest BCUT2D eigenvalue weighted by Crippen LogP contribution is -2.42. The number of hydrogen-bond donors (Lipinski definition) is 4. The van der Waals surface area contributed by atoms with Crippen molar-refractivity contribution in [2.75, 3.05) is 0 Å². The van der Waals surface area contributed by atoms with Crippen molar-refractivity contribution in [1.82, 2.24) is 19.8 Å². The minimum atomic E-state index is -1.25. The average molecular weight is 623 g/mol. The van der Waals surface area contributed by atoms with E-state index in [-0.39, 0.29) is 11.1 Å². The third kappa shape index (κ3) is 6.41. The minimum absolute atomic E-state index is 0.165. The summed E-state index contributed by atoms with van der Waals surface area (Å²) in [7, 11) is 0. The Labute approximate surface area is 262 Å². The Morgan fingerprint density at radius 2 is 0.935 bits per heavy atom. The van der Waals surface area contributed by atoms with E-state index in [1.165, 1.54) is 13.8 Å². The molecule has 0 saturated heterocycles. The van der Waals surface area contributed by atoms with Gasteiger partial charge in [-0.05, 0) is 37.1 Å². The van der Waals surface area contributed by atoms with E-state index < -0.39 is 47.4 Å². The molecule has 0 fully saturated rings. The molecule has 0 aliphatic carbocycles. The summed E-state index contributed by atoms with van der Waals surface area (Å²) < 4.78 is 3.69. The summed E-state index contributed by atoms with van der Waals surface area (Å²) >= 11 is 0. The largest absolute Gasteiger partial charge is 0.480 e. The summed E-state index contributed by atoms with van der Waals surface area (Å²) in [4.78, 5) is 73.1. The first-order valence-corrected chi connectivity index (χ1v) is 14.3. The Balaban J connectivity index is 1.35. The molecule has 2 amide bonds. The minimum Gasteiger partial charge on any atom is -0.480 e. The number of ketones is 2. The van der Waals surface area contributed by atoms with E-state index >= 15 is 0 Å². The summed E-state index contributed by atoms with van der Waals surface area (Å²) in [6, 6.07) is 19.5. The fourth-order valence-electron chi connectivity index (χ4n) is 5.15. The van der Waals surface area contributed by atoms with Crippen LogP contribution in [0, 0.1) is 0 Å². The molecule has 0 aliphatic heterocycles. The number of nitrogens with zero attached hydrogens (tertiary/aromatic N) is 2. The molecular formula is C34H30N4O8. The molecule has 46 heavy (non-hydrogen) atoms. The van der Waals surface area contributed by atoms with Crippen LogP contribution in [0.1, 0.15) is 45.7 Å². The van der Waals surface area contributed by atoms with Crippen molar-refractivity contribution >= 4 is 57.1 Å². The maximum absolute atomic E-state index is 13.0. The van der Waals surface area contributed by atoms with Crippen LogP contribution in [0.2, 0.25) is 0 Å². The van der Waals surface area contributed by atoms with Crippen molar-refractivity contribution in [3.63, 3.8) is 0 Å². The molecule has 4 N–H and O–H groups in total. The van der Waals surface area contributed by atoms with Gasteiger partial charge in [0.05, 0.1) is 11.1 Å². The number of hydrogen-bond acceptors (Lipinski definition) is 6. The number of benzene rings is 3. The lowest BCUT2D eigenvalue weighted by atomic mass is 10.1. The van der Waals surface area contributed by atoms with Gasteiger partial charge in [0.25, 0.3) is 23.4 Å². The number of carboxylic acid groups (broad SMARTS) is 2. The van der Waals surface area contributed by atoms with Crippen molar-refractivity contribution in [2.24, 2.45) is 0 Å². The second kappa shape index (κ2) is 12.9. The predicted molar refractivity (Wildman–Crippen MR) is 168 cm³/mol. The van der Waals surface area contributed by atoms with E-state index in [0.29, 0.717) is 23.9 Å². The van der Waals surface area contributed by atoms with E-state index in [2.05, 4.69) is 10.6 Å². The van der Waals surface area contributed by atoms with E-state index in [4.69, 9.17) is 10.2 Å². The normalized spacial score (nSPS) is 12.4. The number of carbonyl (C=O) groups is 6. The number of carbonyl (C=O) groups excluding carboxylic acids is 4. The number of aliphatic carboxylic acids is 2. The highest BCUT2D eigenvalue weighted by Crippen LogP contribution is 2.25. The zero-order valence-electron chi connectivity index (χ0n) is 24.9. The fourth-order valence-corrected chi connectivity index (χ4v) is 5.15. The van der Waals surface area contributed by atoms with Crippen LogP contribution in [0.3, 0.4) is 0 Å². The van der Waals surface area contributed by atoms with Gasteiger partial charge in [0, 0.05) is 47.3 Å². The third-order valence-corrected chi connectivity index (χ3v) is 7.64. The highest BCUT2D eigenvalue weighted by Gasteiger charge is 2.26. The van der Waals surface area contributed by atoms with Crippen LogP contribution in [0.25, 0.3) is 21.8 Å². The Bertz CT molecular complexity index is 1880. The number of rotatable bonds is 12. The number of Topliss-reactive ketones (excluding diaryl/α,β-unsaturated/α-hetero) is 2. The zero-order chi connectivity index (χ0) is 33.1. The van der Waals surface area contributed by atoms with Crippen LogP contribution in [0.15, 0.2) is 85.2 Å². The maximum Gasteiger partial charge on any atom is 0.325 e. The molecule has 0 bridgehead atoms. The average Bonchev–Trinajstić information content (AvgIpc) is 3.59. The van der Waals surface area contributed by atoms with E-state index in [1.807, 2.05) is 57.7 Å². The summed E-state index contributed by atoms with van der Waals surface area (Å²) in [5.74, 6) is -6.16. The van der Waals surface area contributed by atoms with Crippen LogP contribution >= 0.6 is 0 Å². The van der Waals surface area contributed by atoms with Crippen molar-refractivity contribution in [3.05, 3.63) is 107 Å².